The molecule has 0 fully saturated rings. The predicted molar refractivity (Wildman–Crippen MR) is 34.5 cm³/mol. The zero-order valence-electron chi connectivity index (χ0n) is 3.73. The van der Waals surface area contributed by atoms with Gasteiger partial charge in [-0.15, -0.1) is 37.2 Å². The van der Waals surface area contributed by atoms with Crippen molar-refractivity contribution in [2.24, 2.45) is 0 Å². The van der Waals surface area contributed by atoms with Gasteiger partial charge in [-0.2, -0.15) is 0 Å². The van der Waals surface area contributed by atoms with Crippen LogP contribution in [0.3, 0.4) is 0 Å². The molecule has 0 amide bonds. The fourth-order valence-electron chi connectivity index (χ4n) is 0. The molecule has 0 heterocycles. The van der Waals surface area contributed by atoms with Crippen molar-refractivity contribution in [2.75, 3.05) is 6.61 Å². The summed E-state index contributed by atoms with van der Waals surface area (Å²) in [6, 6.07) is 0. The van der Waals surface area contributed by atoms with Gasteiger partial charge in [0.1, 0.15) is 0 Å². The van der Waals surface area contributed by atoms with Crippen molar-refractivity contribution < 1.29 is 22.2 Å². The molecule has 0 saturated carbocycles. The number of rotatable bonds is 0. The molecule has 0 aliphatic rings. The Kier molecular flexibility index (Phi) is 308. The molecule has 0 aromatic rings. The Morgan fingerprint density at radius 2 is 1.14 bits per heavy atom. The molecule has 1 N–H and O–H groups in total. The molecule has 0 radical (unpaired) electrons. The molecule has 0 aromatic heterocycles. The molecule has 0 bridgehead atoms. The van der Waals surface area contributed by atoms with E-state index in [-0.39, 0.29) is 60.9 Å². The van der Waals surface area contributed by atoms with Gasteiger partial charge in [-0.25, -0.2) is 0 Å². The Balaban J connectivity index is -0.00000000333. The Hall–Kier alpha value is 1.35. The molecular weight excluding hydrogens is 202 g/mol. The van der Waals surface area contributed by atoms with Crippen LogP contribution in [0.25, 0.3) is 0 Å². The zero-order valence-corrected chi connectivity index (χ0v) is 7.29. The van der Waals surface area contributed by atoms with Crippen molar-refractivity contribution in [1.82, 2.24) is 0 Å². The van der Waals surface area contributed by atoms with Crippen LogP contribution in [0.5, 0.6) is 0 Å². The van der Waals surface area contributed by atoms with Crippen LogP contribution in [-0.2, 0) is 17.1 Å². The molecule has 7 heavy (non-hydrogen) atoms. The molecule has 0 rings (SSSR count). The number of aliphatic hydroxyl groups is 1. The van der Waals surface area contributed by atoms with Gasteiger partial charge in [0, 0.05) is 23.7 Å². The van der Waals surface area contributed by atoms with Gasteiger partial charge >= 0.3 is 0 Å². The van der Waals surface area contributed by atoms with E-state index in [9.17, 15) is 0 Å². The van der Waals surface area contributed by atoms with Crippen molar-refractivity contribution in [3.8, 4) is 0 Å². The molecule has 0 spiro atoms. The van der Waals surface area contributed by atoms with Gasteiger partial charge in [-0.1, -0.05) is 0 Å². The van der Waals surface area contributed by atoms with Crippen LogP contribution in [0.1, 0.15) is 6.92 Å². The Bertz CT molecular complexity index is 12.9. The molecule has 1 nitrogen and oxygen atoms in total. The molecule has 0 unspecified atom stereocenters. The topological polar surface area (TPSA) is 20.2 Å². The average molecular weight is 211 g/mol. The third kappa shape index (κ3) is 115. The van der Waals surface area contributed by atoms with E-state index >= 15 is 0 Å². The van der Waals surface area contributed by atoms with E-state index in [0.717, 1.165) is 0 Å². The first-order valence-corrected chi connectivity index (χ1v) is 1.02. The summed E-state index contributed by atoms with van der Waals surface area (Å²) in [7, 11) is 0. The minimum atomic E-state index is 0. The largest absolute Gasteiger partial charge is 0.397 e. The van der Waals surface area contributed by atoms with Crippen molar-refractivity contribution in [3.63, 3.8) is 0 Å². The summed E-state index contributed by atoms with van der Waals surface area (Å²) in [5, 5.41) is 7.57. The van der Waals surface area contributed by atoms with Gasteiger partial charge in [-0.05, 0) is 6.92 Å². The van der Waals surface area contributed by atoms with Crippen LogP contribution < -0.4 is 0 Å². The minimum Gasteiger partial charge on any atom is -0.397 e. The van der Waals surface area contributed by atoms with E-state index in [2.05, 4.69) is 0 Å². The van der Waals surface area contributed by atoms with Crippen LogP contribution in [0.2, 0.25) is 0 Å². The predicted octanol–water partition coefficient (Wildman–Crippen LogP) is 1.26. The summed E-state index contributed by atoms with van der Waals surface area (Å²) in [4.78, 5) is 0. The summed E-state index contributed by atoms with van der Waals surface area (Å²) in [6.07, 6.45) is 0. The molecule has 0 aliphatic heterocycles. The molecule has 5 heteroatoms. The summed E-state index contributed by atoms with van der Waals surface area (Å²) in [6.45, 7) is 1.93. The second-order valence-corrected chi connectivity index (χ2v) is 0.316. The molecule has 0 atom stereocenters. The average Bonchev–Trinajstić information content (AvgIpc) is 0.918. The molecule has 52 valence electrons. The van der Waals surface area contributed by atoms with E-state index in [1.807, 2.05) is 0 Å². The molecule has 0 saturated heterocycles. The first-order valence-electron chi connectivity index (χ1n) is 1.02. The second kappa shape index (κ2) is 53.7. The van der Waals surface area contributed by atoms with Gasteiger partial charge in [0.05, 0.1) is 0 Å². The van der Waals surface area contributed by atoms with E-state index in [4.69, 9.17) is 5.11 Å². The fraction of sp³-hybridized carbons (Fsp3) is 1.00. The summed E-state index contributed by atoms with van der Waals surface area (Å²) in [5.74, 6) is 0. The first-order chi connectivity index (χ1) is 1.41. The number of hydrogen-bond acceptors (Lipinski definition) is 1. The third-order valence-corrected chi connectivity index (χ3v) is 0. The molecule has 0 aromatic carbocycles. The third-order valence-electron chi connectivity index (χ3n) is 0. The minimum absolute atomic E-state index is 0. The van der Waals surface area contributed by atoms with Crippen molar-refractivity contribution in [3.05, 3.63) is 0 Å². The Morgan fingerprint density at radius 3 is 1.14 bits per heavy atom. The Morgan fingerprint density at radius 1 is 1.14 bits per heavy atom. The quantitative estimate of drug-likeness (QED) is 0.598. The summed E-state index contributed by atoms with van der Waals surface area (Å²) < 4.78 is 0. The molecular formula is C2H9Cl3FeO. The maximum atomic E-state index is 7.57. The first kappa shape index (κ1) is 40.2. The van der Waals surface area contributed by atoms with Crippen LogP contribution in [-0.4, -0.2) is 11.7 Å². The Labute approximate surface area is 73.0 Å². The standard InChI is InChI=1S/C2H6O.3ClH.Fe/c1-2-3;;;;/h3H,2H2,1H3;3*1H;. The fourth-order valence-corrected chi connectivity index (χ4v) is 0. The van der Waals surface area contributed by atoms with E-state index < -0.39 is 0 Å². The van der Waals surface area contributed by atoms with Crippen molar-refractivity contribution in [2.45, 2.75) is 6.92 Å². The van der Waals surface area contributed by atoms with Crippen molar-refractivity contribution >= 4 is 37.2 Å². The van der Waals surface area contributed by atoms with E-state index in [1.165, 1.54) is 0 Å². The number of halogens is 3. The normalized spacial score (nSPS) is 2.57. The SMILES string of the molecule is CCO.Cl.Cl.Cl.[Fe]. The van der Waals surface area contributed by atoms with Gasteiger partial charge in [0.25, 0.3) is 0 Å². The zero-order chi connectivity index (χ0) is 2.71. The summed E-state index contributed by atoms with van der Waals surface area (Å²) in [5.41, 5.74) is 0. The maximum Gasteiger partial charge on any atom is 0.0402 e. The molecule has 0 aliphatic carbocycles. The van der Waals surface area contributed by atoms with Gasteiger partial charge in [-0.3, -0.25) is 0 Å². The van der Waals surface area contributed by atoms with Crippen LogP contribution in [0.15, 0.2) is 0 Å². The van der Waals surface area contributed by atoms with Crippen molar-refractivity contribution in [1.29, 1.82) is 0 Å². The van der Waals surface area contributed by atoms with Gasteiger partial charge in [0.15, 0.2) is 0 Å². The second-order valence-electron chi connectivity index (χ2n) is 0.316. The number of hydrogen-bond donors (Lipinski definition) is 1. The van der Waals surface area contributed by atoms with Crippen LogP contribution >= 0.6 is 37.2 Å². The smallest absolute Gasteiger partial charge is 0.0402 e. The van der Waals surface area contributed by atoms with E-state index in [1.54, 1.807) is 6.92 Å². The maximum absolute atomic E-state index is 7.57. The number of aliphatic hydroxyl groups excluding tert-OH is 1. The monoisotopic (exact) mass is 210 g/mol. The summed E-state index contributed by atoms with van der Waals surface area (Å²) >= 11 is 0. The van der Waals surface area contributed by atoms with Gasteiger partial charge in [0.2, 0.25) is 0 Å². The van der Waals surface area contributed by atoms with E-state index in [0.29, 0.717) is 0 Å². The van der Waals surface area contributed by atoms with Crippen LogP contribution in [0, 0.1) is 0 Å². The van der Waals surface area contributed by atoms with Gasteiger partial charge < -0.3 is 5.11 Å². The van der Waals surface area contributed by atoms with Crippen LogP contribution in [0.4, 0.5) is 0 Å².